The summed E-state index contributed by atoms with van der Waals surface area (Å²) in [6.45, 7) is 19.7. The second-order valence-electron chi connectivity index (χ2n) is 16.7. The number of amides is 1. The number of carbonyl (C=O) groups excluding carboxylic acids is 1. The molecule has 5 aromatic rings. The molecule has 0 atom stereocenters. The Hall–Kier alpha value is -5.53. The van der Waals surface area contributed by atoms with Gasteiger partial charge in [0.15, 0.2) is 5.96 Å². The fourth-order valence-corrected chi connectivity index (χ4v) is 6.43. The van der Waals surface area contributed by atoms with Gasteiger partial charge in [0.05, 0.1) is 5.69 Å². The van der Waals surface area contributed by atoms with Crippen molar-refractivity contribution in [2.45, 2.75) is 71.8 Å². The molecule has 0 radical (unpaired) electrons. The number of aromatic amines is 1. The topological polar surface area (TPSA) is 176 Å². The molecule has 1 saturated heterocycles. The lowest BCUT2D eigenvalue weighted by molar-refractivity contribution is 0.0796. The monoisotopic (exact) mass is 776 g/mol. The van der Waals surface area contributed by atoms with Crippen LogP contribution < -0.4 is 32.7 Å². The molecule has 0 aliphatic carbocycles. The van der Waals surface area contributed by atoms with Gasteiger partial charge in [-0.05, 0) is 78.0 Å². The third-order valence-corrected chi connectivity index (χ3v) is 9.95. The van der Waals surface area contributed by atoms with Crippen molar-refractivity contribution in [1.29, 1.82) is 0 Å². The average molecular weight is 776 g/mol. The molecule has 1 aliphatic rings. The number of nitrogens with two attached hydrogens (primary N) is 2. The molecule has 0 saturated carbocycles. The van der Waals surface area contributed by atoms with Crippen molar-refractivity contribution < 1.29 is 4.79 Å². The van der Waals surface area contributed by atoms with Gasteiger partial charge in [-0.2, -0.15) is 4.98 Å². The van der Waals surface area contributed by atoms with E-state index in [9.17, 15) is 9.59 Å². The molecule has 1 aliphatic heterocycles. The SMILES string of the molecule is CC(C)(C)c1cc2cn(-c3ccc(CNCCCN=C(N)N)cc3)c(=O)nc2[nH]1.CN(CCc1ccccn1)C(=O)c1cc(N2CCNCC2)cc(C(C)(C)C)c1. The second kappa shape index (κ2) is 19.1. The lowest BCUT2D eigenvalue weighted by Crippen LogP contribution is -2.43. The van der Waals surface area contributed by atoms with Crippen molar-refractivity contribution in [2.75, 3.05) is 57.8 Å². The van der Waals surface area contributed by atoms with Crippen LogP contribution in [-0.2, 0) is 23.8 Å². The molecule has 6 rings (SSSR count). The van der Waals surface area contributed by atoms with E-state index in [1.165, 1.54) is 5.56 Å². The summed E-state index contributed by atoms with van der Waals surface area (Å²) in [6, 6.07) is 22.2. The molecular formula is C44H61N11O2. The summed E-state index contributed by atoms with van der Waals surface area (Å²) in [6.07, 6.45) is 5.26. The molecule has 4 heterocycles. The number of nitrogens with zero attached hydrogens (tertiary/aromatic N) is 6. The predicted octanol–water partition coefficient (Wildman–Crippen LogP) is 4.87. The average Bonchev–Trinajstić information content (AvgIpc) is 3.62. The Morgan fingerprint density at radius 2 is 1.68 bits per heavy atom. The number of piperazine rings is 1. The Labute approximate surface area is 337 Å². The number of guanidine groups is 1. The number of carbonyl (C=O) groups is 1. The van der Waals surface area contributed by atoms with Crippen LogP contribution in [0.25, 0.3) is 16.7 Å². The van der Waals surface area contributed by atoms with Gasteiger partial charge in [-0.25, -0.2) is 4.79 Å². The zero-order chi connectivity index (χ0) is 41.2. The molecule has 13 nitrogen and oxygen atoms in total. The quantitative estimate of drug-likeness (QED) is 0.0673. The highest BCUT2D eigenvalue weighted by Gasteiger charge is 2.22. The minimum absolute atomic E-state index is 0.00833. The Bertz CT molecular complexity index is 2150. The third kappa shape index (κ3) is 12.2. The predicted molar refractivity (Wildman–Crippen MR) is 233 cm³/mol. The first-order valence-electron chi connectivity index (χ1n) is 19.8. The number of fused-ring (bicyclic) bond motifs is 1. The van der Waals surface area contributed by atoms with Crippen molar-refractivity contribution in [2.24, 2.45) is 16.5 Å². The van der Waals surface area contributed by atoms with Crippen LogP contribution in [0.3, 0.4) is 0 Å². The van der Waals surface area contributed by atoms with Gasteiger partial charge in [0.1, 0.15) is 5.65 Å². The smallest absolute Gasteiger partial charge is 0.354 e. The Balaban J connectivity index is 0.000000218. The summed E-state index contributed by atoms with van der Waals surface area (Å²) in [5.74, 6) is 0.191. The standard InChI is InChI=1S/C23H32N4O.C21H29N7O/c1-23(2,3)19-15-18(16-21(17-19)27-13-10-24-11-14-27)22(28)26(4)12-8-20-7-5-6-9-25-20;1-21(2,3)17-11-15-13-28(20(29)27-18(15)26-17)16-7-5-14(6-8-16)12-24-9-4-10-25-19(22)23/h5-7,9,15-17,24H,8,10-14H2,1-4H3;5-8,11,13,24H,4,9-10,12H2,1-3H3,(H4,22,23,25)(H,26,27,29). The van der Waals surface area contributed by atoms with Crippen LogP contribution in [0.15, 0.2) is 88.9 Å². The van der Waals surface area contributed by atoms with Gasteiger partial charge >= 0.3 is 5.69 Å². The number of hydrogen-bond donors (Lipinski definition) is 5. The maximum atomic E-state index is 13.2. The minimum Gasteiger partial charge on any atom is -0.370 e. The highest BCUT2D eigenvalue weighted by Crippen LogP contribution is 2.29. The van der Waals surface area contributed by atoms with E-state index >= 15 is 0 Å². The number of hydrogen-bond acceptors (Lipinski definition) is 8. The van der Waals surface area contributed by atoms with Crippen molar-refractivity contribution in [3.05, 3.63) is 118 Å². The Kier molecular flexibility index (Phi) is 14.3. The van der Waals surface area contributed by atoms with Crippen LogP contribution in [0.5, 0.6) is 0 Å². The van der Waals surface area contributed by atoms with Crippen LogP contribution >= 0.6 is 0 Å². The maximum Gasteiger partial charge on any atom is 0.354 e. The number of rotatable bonds is 12. The van der Waals surface area contributed by atoms with E-state index in [4.69, 9.17) is 11.5 Å². The molecule has 13 heteroatoms. The van der Waals surface area contributed by atoms with E-state index in [0.717, 1.165) is 91.4 Å². The normalized spacial score (nSPS) is 13.2. The first-order valence-corrected chi connectivity index (χ1v) is 19.8. The van der Waals surface area contributed by atoms with Gasteiger partial charge in [-0.3, -0.25) is 19.3 Å². The van der Waals surface area contributed by atoms with E-state index in [2.05, 4.69) is 101 Å². The number of nitrogens with one attached hydrogen (secondary N) is 3. The highest BCUT2D eigenvalue weighted by atomic mass is 16.2. The molecule has 304 valence electrons. The fourth-order valence-electron chi connectivity index (χ4n) is 6.43. The largest absolute Gasteiger partial charge is 0.370 e. The van der Waals surface area contributed by atoms with Gasteiger partial charge in [-0.1, -0.05) is 59.7 Å². The molecule has 57 heavy (non-hydrogen) atoms. The molecule has 1 fully saturated rings. The van der Waals surface area contributed by atoms with Crippen LogP contribution in [0, 0.1) is 0 Å². The molecule has 2 aromatic carbocycles. The first kappa shape index (κ1) is 42.6. The summed E-state index contributed by atoms with van der Waals surface area (Å²) < 4.78 is 1.58. The zero-order valence-electron chi connectivity index (χ0n) is 34.7. The second-order valence-corrected chi connectivity index (χ2v) is 16.7. The zero-order valence-corrected chi connectivity index (χ0v) is 34.7. The summed E-state index contributed by atoms with van der Waals surface area (Å²) >= 11 is 0. The molecule has 3 aromatic heterocycles. The molecule has 0 bridgehead atoms. The fraction of sp³-hybridized carbons (Fsp3) is 0.432. The lowest BCUT2D eigenvalue weighted by atomic mass is 9.85. The number of aromatic nitrogens is 4. The first-order chi connectivity index (χ1) is 27.1. The number of pyridine rings is 1. The summed E-state index contributed by atoms with van der Waals surface area (Å²) in [5, 5.41) is 7.66. The highest BCUT2D eigenvalue weighted by molar-refractivity contribution is 5.95. The molecule has 1 amide bonds. The van der Waals surface area contributed by atoms with Crippen molar-refractivity contribution >= 4 is 28.6 Å². The van der Waals surface area contributed by atoms with Crippen LogP contribution in [0.4, 0.5) is 5.69 Å². The molecule has 0 unspecified atom stereocenters. The van der Waals surface area contributed by atoms with Crippen molar-refractivity contribution in [3.63, 3.8) is 0 Å². The number of likely N-dealkylation sites (N-methyl/N-ethyl adjacent to an activating group) is 1. The number of anilines is 1. The third-order valence-electron chi connectivity index (χ3n) is 9.95. The van der Waals surface area contributed by atoms with Crippen LogP contribution in [0.1, 0.15) is 80.8 Å². The molecule has 0 spiro atoms. The van der Waals surface area contributed by atoms with Gasteiger partial charge in [-0.15, -0.1) is 0 Å². The maximum absolute atomic E-state index is 13.2. The molecule has 7 N–H and O–H groups in total. The number of benzene rings is 2. The Morgan fingerprint density at radius 1 is 0.947 bits per heavy atom. The summed E-state index contributed by atoms with van der Waals surface area (Å²) in [5.41, 5.74) is 18.0. The van der Waals surface area contributed by atoms with E-state index < -0.39 is 0 Å². The van der Waals surface area contributed by atoms with Gasteiger partial charge < -0.3 is 36.9 Å². The van der Waals surface area contributed by atoms with Crippen LogP contribution in [0.2, 0.25) is 0 Å². The van der Waals surface area contributed by atoms with Crippen molar-refractivity contribution in [1.82, 2.24) is 35.1 Å². The van der Waals surface area contributed by atoms with Crippen molar-refractivity contribution in [3.8, 4) is 5.69 Å². The van der Waals surface area contributed by atoms with E-state index in [1.807, 2.05) is 55.7 Å². The van der Waals surface area contributed by atoms with E-state index in [1.54, 1.807) is 15.7 Å². The van der Waals surface area contributed by atoms with E-state index in [-0.39, 0.29) is 28.4 Å². The van der Waals surface area contributed by atoms with Crippen LogP contribution in [-0.4, -0.2) is 89.1 Å². The van der Waals surface area contributed by atoms with E-state index in [0.29, 0.717) is 18.7 Å². The summed E-state index contributed by atoms with van der Waals surface area (Å²) in [4.78, 5) is 45.6. The molecular weight excluding hydrogens is 715 g/mol. The van der Waals surface area contributed by atoms with Gasteiger partial charge in [0.25, 0.3) is 5.91 Å². The number of aliphatic imine (C=N–C) groups is 1. The van der Waals surface area contributed by atoms with Gasteiger partial charge in [0, 0.05) is 105 Å². The van der Waals surface area contributed by atoms with Gasteiger partial charge in [0.2, 0.25) is 0 Å². The lowest BCUT2D eigenvalue weighted by Gasteiger charge is -2.32. The summed E-state index contributed by atoms with van der Waals surface area (Å²) in [7, 11) is 1.87. The minimum atomic E-state index is -0.301. The Morgan fingerprint density at radius 3 is 2.33 bits per heavy atom. The number of H-pyrrole nitrogens is 1.